The average molecular weight is 259 g/mol. The quantitative estimate of drug-likeness (QED) is 0.490. The largest absolute Gasteiger partial charge is 0.469 e. The van der Waals surface area contributed by atoms with E-state index in [4.69, 9.17) is 5.84 Å². The van der Waals surface area contributed by atoms with Gasteiger partial charge < -0.3 is 10.2 Å². The van der Waals surface area contributed by atoms with Crippen molar-refractivity contribution in [1.82, 2.24) is 0 Å². The van der Waals surface area contributed by atoms with E-state index in [1.54, 1.807) is 6.07 Å². The van der Waals surface area contributed by atoms with Gasteiger partial charge >= 0.3 is 5.97 Å². The minimum atomic E-state index is -0.278. The highest BCUT2D eigenvalue weighted by atomic mass is 79.9. The monoisotopic (exact) mass is 258 g/mol. The molecule has 0 amide bonds. The number of hydrogen-bond donors (Lipinski definition) is 2. The van der Waals surface area contributed by atoms with Crippen LogP contribution in [0.5, 0.6) is 0 Å². The highest BCUT2D eigenvalue weighted by Crippen LogP contribution is 2.21. The van der Waals surface area contributed by atoms with E-state index >= 15 is 0 Å². The molecule has 5 heteroatoms. The summed E-state index contributed by atoms with van der Waals surface area (Å²) in [5.41, 5.74) is 4.11. The maximum Gasteiger partial charge on any atom is 0.310 e. The standard InChI is InChI=1S/C9H11BrN2O2/c1-14-9(13)5-6-4-7(12-11)2-3-8(6)10/h2-4,12H,5,11H2,1H3. The molecule has 0 unspecified atom stereocenters. The van der Waals surface area contributed by atoms with E-state index in [2.05, 4.69) is 26.1 Å². The zero-order valence-corrected chi connectivity index (χ0v) is 9.30. The maximum absolute atomic E-state index is 11.0. The first-order valence-electron chi connectivity index (χ1n) is 3.99. The van der Waals surface area contributed by atoms with Gasteiger partial charge in [0.15, 0.2) is 0 Å². The lowest BCUT2D eigenvalue weighted by Gasteiger charge is -2.06. The van der Waals surface area contributed by atoms with Crippen LogP contribution in [0.2, 0.25) is 0 Å². The minimum Gasteiger partial charge on any atom is -0.469 e. The number of hydrogen-bond acceptors (Lipinski definition) is 4. The number of ether oxygens (including phenoxy) is 1. The molecule has 0 aliphatic heterocycles. The van der Waals surface area contributed by atoms with Gasteiger partial charge in [0.2, 0.25) is 0 Å². The summed E-state index contributed by atoms with van der Waals surface area (Å²) in [6, 6.07) is 5.43. The highest BCUT2D eigenvalue weighted by molar-refractivity contribution is 9.10. The van der Waals surface area contributed by atoms with Gasteiger partial charge in [-0.3, -0.25) is 10.6 Å². The van der Waals surface area contributed by atoms with Gasteiger partial charge in [0, 0.05) is 10.2 Å². The molecule has 0 aromatic heterocycles. The molecule has 0 radical (unpaired) electrons. The predicted molar refractivity (Wildman–Crippen MR) is 57.7 cm³/mol. The van der Waals surface area contributed by atoms with Crippen LogP contribution >= 0.6 is 15.9 Å². The zero-order valence-electron chi connectivity index (χ0n) is 7.71. The van der Waals surface area contributed by atoms with Gasteiger partial charge in [0.25, 0.3) is 0 Å². The smallest absolute Gasteiger partial charge is 0.310 e. The van der Waals surface area contributed by atoms with E-state index in [-0.39, 0.29) is 12.4 Å². The van der Waals surface area contributed by atoms with Crippen molar-refractivity contribution >= 4 is 27.6 Å². The molecule has 4 nitrogen and oxygen atoms in total. The molecule has 14 heavy (non-hydrogen) atoms. The first-order chi connectivity index (χ1) is 6.67. The van der Waals surface area contributed by atoms with Crippen molar-refractivity contribution in [2.24, 2.45) is 5.84 Å². The molecule has 0 fully saturated rings. The molecule has 0 spiro atoms. The molecule has 0 heterocycles. The van der Waals surface area contributed by atoms with Crippen LogP contribution in [0, 0.1) is 0 Å². The maximum atomic E-state index is 11.0. The molecule has 0 aliphatic carbocycles. The third-order valence-corrected chi connectivity index (χ3v) is 2.55. The molecule has 0 bridgehead atoms. The Morgan fingerprint density at radius 2 is 2.36 bits per heavy atom. The van der Waals surface area contributed by atoms with Crippen molar-refractivity contribution < 1.29 is 9.53 Å². The third-order valence-electron chi connectivity index (χ3n) is 1.77. The van der Waals surface area contributed by atoms with Crippen LogP contribution in [0.25, 0.3) is 0 Å². The van der Waals surface area contributed by atoms with Crippen LogP contribution in [0.1, 0.15) is 5.56 Å². The minimum absolute atomic E-state index is 0.229. The van der Waals surface area contributed by atoms with Crippen LogP contribution < -0.4 is 11.3 Å². The molecule has 1 rings (SSSR count). The van der Waals surface area contributed by atoms with Crippen molar-refractivity contribution in [3.8, 4) is 0 Å². The second-order valence-corrected chi connectivity index (χ2v) is 3.56. The van der Waals surface area contributed by atoms with E-state index in [9.17, 15) is 4.79 Å². The number of nitrogens with two attached hydrogens (primary N) is 1. The van der Waals surface area contributed by atoms with Gasteiger partial charge in [-0.05, 0) is 23.8 Å². The molecule has 1 aromatic carbocycles. The fraction of sp³-hybridized carbons (Fsp3) is 0.222. The topological polar surface area (TPSA) is 64.3 Å². The third kappa shape index (κ3) is 2.71. The van der Waals surface area contributed by atoms with E-state index in [1.165, 1.54) is 7.11 Å². The van der Waals surface area contributed by atoms with Crippen LogP contribution in [0.15, 0.2) is 22.7 Å². The number of hydrazine groups is 1. The van der Waals surface area contributed by atoms with Crippen molar-refractivity contribution in [1.29, 1.82) is 0 Å². The van der Waals surface area contributed by atoms with Crippen molar-refractivity contribution in [3.63, 3.8) is 0 Å². The van der Waals surface area contributed by atoms with Gasteiger partial charge in [-0.15, -0.1) is 0 Å². The van der Waals surface area contributed by atoms with E-state index < -0.39 is 0 Å². The van der Waals surface area contributed by atoms with E-state index in [0.717, 1.165) is 15.7 Å². The summed E-state index contributed by atoms with van der Waals surface area (Å²) in [5.74, 6) is 4.97. The fourth-order valence-electron chi connectivity index (χ4n) is 1.03. The Labute approximate surface area is 90.5 Å². The van der Waals surface area contributed by atoms with Crippen molar-refractivity contribution in [3.05, 3.63) is 28.2 Å². The number of carbonyl (C=O) groups excluding carboxylic acids is 1. The lowest BCUT2D eigenvalue weighted by Crippen LogP contribution is -2.09. The van der Waals surface area contributed by atoms with Gasteiger partial charge in [-0.1, -0.05) is 15.9 Å². The number of rotatable bonds is 3. The van der Waals surface area contributed by atoms with Crippen LogP contribution in [-0.4, -0.2) is 13.1 Å². The Bertz CT molecular complexity index is 342. The van der Waals surface area contributed by atoms with Crippen LogP contribution in [-0.2, 0) is 16.0 Å². The van der Waals surface area contributed by atoms with Gasteiger partial charge in [0.05, 0.1) is 13.5 Å². The number of esters is 1. The highest BCUT2D eigenvalue weighted by Gasteiger charge is 2.07. The van der Waals surface area contributed by atoms with Gasteiger partial charge in [0.1, 0.15) is 0 Å². The first kappa shape index (κ1) is 11.0. The summed E-state index contributed by atoms with van der Waals surface area (Å²) in [4.78, 5) is 11.0. The number of carbonyl (C=O) groups is 1. The van der Waals surface area contributed by atoms with Gasteiger partial charge in [-0.25, -0.2) is 0 Å². The molecule has 0 aliphatic rings. The van der Waals surface area contributed by atoms with Crippen LogP contribution in [0.3, 0.4) is 0 Å². The number of halogens is 1. The molecule has 0 atom stereocenters. The summed E-state index contributed by atoms with van der Waals surface area (Å²) in [7, 11) is 1.36. The summed E-state index contributed by atoms with van der Waals surface area (Å²) in [5, 5.41) is 0. The van der Waals surface area contributed by atoms with Crippen molar-refractivity contribution in [2.75, 3.05) is 12.5 Å². The second-order valence-electron chi connectivity index (χ2n) is 2.70. The Balaban J connectivity index is 2.89. The molecule has 76 valence electrons. The van der Waals surface area contributed by atoms with Crippen molar-refractivity contribution in [2.45, 2.75) is 6.42 Å². The van der Waals surface area contributed by atoms with E-state index in [1.807, 2.05) is 12.1 Å². The molecule has 0 saturated carbocycles. The van der Waals surface area contributed by atoms with Crippen LogP contribution in [0.4, 0.5) is 5.69 Å². The SMILES string of the molecule is COC(=O)Cc1cc(NN)ccc1Br. The number of benzene rings is 1. The molecular weight excluding hydrogens is 248 g/mol. The first-order valence-corrected chi connectivity index (χ1v) is 4.78. The fourth-order valence-corrected chi connectivity index (χ4v) is 1.41. The Kier molecular flexibility index (Phi) is 3.91. The lowest BCUT2D eigenvalue weighted by atomic mass is 10.1. The summed E-state index contributed by atoms with van der Waals surface area (Å²) in [6.07, 6.45) is 0.229. The average Bonchev–Trinajstić information content (AvgIpc) is 2.21. The number of methoxy groups -OCH3 is 1. The molecular formula is C9H11BrN2O2. The summed E-state index contributed by atoms with van der Waals surface area (Å²) in [6.45, 7) is 0. The Morgan fingerprint density at radius 1 is 1.64 bits per heavy atom. The molecule has 3 N–H and O–H groups in total. The predicted octanol–water partition coefficient (Wildman–Crippen LogP) is 1.45. The Hall–Kier alpha value is -1.07. The molecule has 0 saturated heterocycles. The second kappa shape index (κ2) is 4.97. The normalized spacial score (nSPS) is 9.64. The van der Waals surface area contributed by atoms with E-state index in [0.29, 0.717) is 0 Å². The number of nitrogens with one attached hydrogen (secondary N) is 1. The van der Waals surface area contributed by atoms with Gasteiger partial charge in [-0.2, -0.15) is 0 Å². The number of anilines is 1. The molecule has 1 aromatic rings. The Morgan fingerprint density at radius 3 is 2.93 bits per heavy atom. The summed E-state index contributed by atoms with van der Waals surface area (Å²) >= 11 is 3.34. The number of nitrogen functional groups attached to an aromatic ring is 1. The summed E-state index contributed by atoms with van der Waals surface area (Å²) < 4.78 is 5.43. The lowest BCUT2D eigenvalue weighted by molar-refractivity contribution is -0.139. The zero-order chi connectivity index (χ0) is 10.6.